The van der Waals surface area contributed by atoms with E-state index in [1.165, 1.54) is 17.8 Å². The number of rotatable bonds is 2. The van der Waals surface area contributed by atoms with E-state index in [-0.39, 0.29) is 11.2 Å². The average molecular weight is 298 g/mol. The van der Waals surface area contributed by atoms with Gasteiger partial charge >= 0.3 is 5.69 Å². The molecule has 10 heteroatoms. The van der Waals surface area contributed by atoms with Crippen LogP contribution in [0, 0.1) is 0 Å². The first-order chi connectivity index (χ1) is 9.88. The normalized spacial score (nSPS) is 32.9. The monoisotopic (exact) mass is 298 g/mol. The predicted octanol–water partition coefficient (Wildman–Crippen LogP) is -2.80. The number of hydrogen-bond donors (Lipinski definition) is 5. The highest BCUT2D eigenvalue weighted by Crippen LogP contribution is 2.36. The van der Waals surface area contributed by atoms with E-state index < -0.39 is 41.9 Å². The van der Waals surface area contributed by atoms with Crippen LogP contribution in [-0.4, -0.2) is 59.8 Å². The summed E-state index contributed by atoms with van der Waals surface area (Å²) in [4.78, 5) is 31.4. The number of aliphatic hydroxyl groups excluding tert-OH is 3. The topological polar surface area (TPSA) is 153 Å². The van der Waals surface area contributed by atoms with Gasteiger partial charge in [0, 0.05) is 0 Å². The van der Waals surface area contributed by atoms with Crippen molar-refractivity contribution in [3.8, 4) is 0 Å². The molecule has 0 aromatic carbocycles. The van der Waals surface area contributed by atoms with Gasteiger partial charge in [-0.2, -0.15) is 0 Å². The summed E-state index contributed by atoms with van der Waals surface area (Å²) in [6.07, 6.45) is -2.47. The molecule has 0 spiro atoms. The fraction of sp³-hybridized carbons (Fsp3) is 0.545. The summed E-state index contributed by atoms with van der Waals surface area (Å²) in [5, 5.41) is 29.2. The molecule has 114 valence electrons. The molecule has 0 bridgehead atoms. The lowest BCUT2D eigenvalue weighted by molar-refractivity contribution is -0.132. The summed E-state index contributed by atoms with van der Waals surface area (Å²) in [6.45, 7) is 0.967. The third kappa shape index (κ3) is 1.84. The van der Waals surface area contributed by atoms with Crippen molar-refractivity contribution >= 4 is 11.2 Å². The molecule has 3 rings (SSSR count). The van der Waals surface area contributed by atoms with Gasteiger partial charge in [0.1, 0.15) is 24.0 Å². The molecule has 0 aliphatic carbocycles. The van der Waals surface area contributed by atoms with Crippen LogP contribution < -0.4 is 11.2 Å². The zero-order valence-electron chi connectivity index (χ0n) is 11.0. The predicted molar refractivity (Wildman–Crippen MR) is 68.6 cm³/mol. The highest BCUT2D eigenvalue weighted by molar-refractivity contribution is 5.69. The van der Waals surface area contributed by atoms with Crippen LogP contribution in [0.1, 0.15) is 6.92 Å². The number of ether oxygens (including phenoxy) is 1. The molecule has 1 aliphatic heterocycles. The summed E-state index contributed by atoms with van der Waals surface area (Å²) in [5.41, 5.74) is -2.88. The van der Waals surface area contributed by atoms with E-state index in [4.69, 9.17) is 9.84 Å². The number of hydrogen-bond acceptors (Lipinski definition) is 7. The Morgan fingerprint density at radius 1 is 1.43 bits per heavy atom. The molecule has 4 atom stereocenters. The molecule has 10 nitrogen and oxygen atoms in total. The first-order valence-corrected chi connectivity index (χ1v) is 6.23. The quantitative estimate of drug-likeness (QED) is 0.401. The lowest BCUT2D eigenvalue weighted by atomic mass is 10.0. The van der Waals surface area contributed by atoms with Crippen LogP contribution in [0.4, 0.5) is 0 Å². The van der Waals surface area contributed by atoms with Crippen molar-refractivity contribution in [2.24, 2.45) is 0 Å². The third-order valence-electron chi connectivity index (χ3n) is 3.74. The molecular weight excluding hydrogens is 284 g/mol. The van der Waals surface area contributed by atoms with Crippen molar-refractivity contribution in [2.45, 2.75) is 31.0 Å². The number of H-pyrrole nitrogens is 2. The van der Waals surface area contributed by atoms with E-state index in [0.29, 0.717) is 0 Å². The zero-order chi connectivity index (χ0) is 15.4. The Morgan fingerprint density at radius 3 is 2.76 bits per heavy atom. The minimum atomic E-state index is -1.49. The van der Waals surface area contributed by atoms with Crippen molar-refractivity contribution < 1.29 is 20.1 Å². The first kappa shape index (κ1) is 13.9. The van der Waals surface area contributed by atoms with E-state index >= 15 is 0 Å². The maximum absolute atomic E-state index is 11.7. The van der Waals surface area contributed by atoms with Gasteiger partial charge in [-0.05, 0) is 6.92 Å². The largest absolute Gasteiger partial charge is 0.394 e. The number of imidazole rings is 1. The number of aromatic nitrogens is 4. The molecule has 21 heavy (non-hydrogen) atoms. The molecule has 3 heterocycles. The van der Waals surface area contributed by atoms with Crippen molar-refractivity contribution in [3.63, 3.8) is 0 Å². The van der Waals surface area contributed by atoms with Crippen LogP contribution in [0.15, 0.2) is 15.9 Å². The van der Waals surface area contributed by atoms with E-state index in [9.17, 15) is 19.8 Å². The molecule has 1 unspecified atom stereocenters. The van der Waals surface area contributed by atoms with Crippen molar-refractivity contribution in [1.29, 1.82) is 0 Å². The smallest absolute Gasteiger partial charge is 0.327 e. The van der Waals surface area contributed by atoms with E-state index in [2.05, 4.69) is 9.97 Å². The highest BCUT2D eigenvalue weighted by Gasteiger charge is 2.52. The van der Waals surface area contributed by atoms with Crippen molar-refractivity contribution in [1.82, 2.24) is 19.5 Å². The minimum Gasteiger partial charge on any atom is -0.394 e. The first-order valence-electron chi connectivity index (χ1n) is 6.23. The Labute approximate surface area is 116 Å². The summed E-state index contributed by atoms with van der Waals surface area (Å²) in [6, 6.07) is 0. The van der Waals surface area contributed by atoms with Crippen LogP contribution in [0.5, 0.6) is 0 Å². The Kier molecular flexibility index (Phi) is 2.99. The maximum atomic E-state index is 11.7. The van der Waals surface area contributed by atoms with Gasteiger partial charge < -0.3 is 20.1 Å². The molecule has 0 radical (unpaired) electrons. The standard InChI is InChI=1S/C11H14N4O6/c1-11(7(18)6(17)4(2-16)21-11)15-3-12-5-8(15)13-10(20)14-9(5)19/h3-4,6-7,16-18H,2H2,1H3,(H2,13,14,19,20)/t4-,6+,7?,11-/m1/s1. The van der Waals surface area contributed by atoms with Gasteiger partial charge in [0.15, 0.2) is 11.2 Å². The summed E-state index contributed by atoms with van der Waals surface area (Å²) < 4.78 is 6.75. The fourth-order valence-electron chi connectivity index (χ4n) is 2.58. The lowest BCUT2D eigenvalue weighted by Gasteiger charge is -2.29. The lowest BCUT2D eigenvalue weighted by Crippen LogP contribution is -2.43. The minimum absolute atomic E-state index is 0.0337. The summed E-state index contributed by atoms with van der Waals surface area (Å²) >= 11 is 0. The van der Waals surface area contributed by atoms with E-state index in [0.717, 1.165) is 0 Å². The van der Waals surface area contributed by atoms with Crippen molar-refractivity contribution in [3.05, 3.63) is 27.2 Å². The van der Waals surface area contributed by atoms with Crippen LogP contribution in [0.3, 0.4) is 0 Å². The van der Waals surface area contributed by atoms with Crippen molar-refractivity contribution in [2.75, 3.05) is 6.61 Å². The molecule has 1 aliphatic rings. The van der Waals surface area contributed by atoms with Gasteiger partial charge in [-0.15, -0.1) is 0 Å². The molecular formula is C11H14N4O6. The van der Waals surface area contributed by atoms with Gasteiger partial charge in [0.2, 0.25) is 0 Å². The second-order valence-electron chi connectivity index (χ2n) is 5.05. The molecule has 2 aromatic heterocycles. The van der Waals surface area contributed by atoms with Crippen LogP contribution in [0.25, 0.3) is 11.2 Å². The van der Waals surface area contributed by atoms with Gasteiger partial charge in [0.25, 0.3) is 5.56 Å². The third-order valence-corrected chi connectivity index (χ3v) is 3.74. The summed E-state index contributed by atoms with van der Waals surface area (Å²) in [7, 11) is 0. The number of aliphatic hydroxyl groups is 3. The number of nitrogens with zero attached hydrogens (tertiary/aromatic N) is 2. The van der Waals surface area contributed by atoms with Gasteiger partial charge in [-0.1, -0.05) is 0 Å². The SMILES string of the molecule is C[C@@]1(n2cnc3c(=O)[nH]c(=O)[nH]c32)O[C@H](CO)[C@H](O)C1O. The summed E-state index contributed by atoms with van der Waals surface area (Å²) in [5.74, 6) is 0. The number of fused-ring (bicyclic) bond motifs is 1. The Morgan fingerprint density at radius 2 is 2.14 bits per heavy atom. The van der Waals surface area contributed by atoms with Gasteiger partial charge in [-0.25, -0.2) is 9.78 Å². The van der Waals surface area contributed by atoms with Gasteiger partial charge in [0.05, 0.1) is 12.9 Å². The molecule has 1 fully saturated rings. The molecule has 0 saturated carbocycles. The van der Waals surface area contributed by atoms with Crippen LogP contribution >= 0.6 is 0 Å². The van der Waals surface area contributed by atoms with Crippen LogP contribution in [0.2, 0.25) is 0 Å². The maximum Gasteiger partial charge on any atom is 0.327 e. The van der Waals surface area contributed by atoms with E-state index in [1.807, 2.05) is 4.98 Å². The Hall–Kier alpha value is -2.01. The zero-order valence-corrected chi connectivity index (χ0v) is 11.0. The molecule has 5 N–H and O–H groups in total. The average Bonchev–Trinajstić information content (AvgIpc) is 2.95. The Bertz CT molecular complexity index is 794. The van der Waals surface area contributed by atoms with E-state index in [1.54, 1.807) is 0 Å². The molecule has 2 aromatic rings. The highest BCUT2D eigenvalue weighted by atomic mass is 16.6. The Balaban J connectivity index is 2.21. The molecule has 0 amide bonds. The number of nitrogens with one attached hydrogen (secondary N) is 2. The van der Waals surface area contributed by atoms with Gasteiger partial charge in [-0.3, -0.25) is 19.3 Å². The van der Waals surface area contributed by atoms with Crippen LogP contribution in [-0.2, 0) is 10.5 Å². The number of aromatic amines is 2. The second-order valence-corrected chi connectivity index (χ2v) is 5.05. The fourth-order valence-corrected chi connectivity index (χ4v) is 2.58. The molecule has 1 saturated heterocycles. The second kappa shape index (κ2) is 4.49.